The van der Waals surface area contributed by atoms with Gasteiger partial charge >= 0.3 is 0 Å². The molecule has 0 aromatic carbocycles. The molecule has 2 atom stereocenters. The lowest BCUT2D eigenvalue weighted by atomic mass is 10.0. The van der Waals surface area contributed by atoms with E-state index in [0.717, 1.165) is 57.8 Å². The monoisotopic (exact) mass is 754 g/mol. The lowest BCUT2D eigenvalue weighted by molar-refractivity contribution is -0.123. The minimum atomic E-state index is -0.659. The summed E-state index contributed by atoms with van der Waals surface area (Å²) in [5, 5.41) is 23.1. The molecule has 0 radical (unpaired) electrons. The average molecular weight is 754 g/mol. The fourth-order valence-electron chi connectivity index (χ4n) is 6.98. The molecule has 4 nitrogen and oxygen atoms in total. The number of amides is 1. The van der Waals surface area contributed by atoms with Crippen LogP contribution in [-0.2, 0) is 4.79 Å². The Morgan fingerprint density at radius 3 is 1.22 bits per heavy atom. The van der Waals surface area contributed by atoms with E-state index in [1.807, 2.05) is 0 Å². The van der Waals surface area contributed by atoms with E-state index >= 15 is 0 Å². The summed E-state index contributed by atoms with van der Waals surface area (Å²) in [7, 11) is 0. The number of unbranched alkanes of at least 4 members (excludes halogenated alkanes) is 25. The number of hydrogen-bond acceptors (Lipinski definition) is 3. The van der Waals surface area contributed by atoms with Crippen LogP contribution >= 0.6 is 0 Å². The average Bonchev–Trinajstić information content (AvgIpc) is 3.18. The Hall–Kier alpha value is -1.91. The molecule has 0 rings (SSSR count). The highest BCUT2D eigenvalue weighted by Gasteiger charge is 2.20. The van der Waals surface area contributed by atoms with E-state index < -0.39 is 12.1 Å². The molecular formula is C50H91NO3. The third kappa shape index (κ3) is 41.3. The van der Waals surface area contributed by atoms with E-state index in [2.05, 4.69) is 79.9 Å². The normalized spacial score (nSPS) is 13.5. The summed E-state index contributed by atoms with van der Waals surface area (Å²) in [6.07, 6.45) is 63.2. The second kappa shape index (κ2) is 45.5. The summed E-state index contributed by atoms with van der Waals surface area (Å²) in [5.74, 6) is -0.0339. The van der Waals surface area contributed by atoms with Crippen molar-refractivity contribution in [3.8, 4) is 0 Å². The first-order chi connectivity index (χ1) is 26.7. The molecule has 0 heterocycles. The molecule has 314 valence electrons. The van der Waals surface area contributed by atoms with Crippen molar-refractivity contribution in [2.45, 2.75) is 244 Å². The van der Waals surface area contributed by atoms with Crippen molar-refractivity contribution in [3.05, 3.63) is 60.8 Å². The van der Waals surface area contributed by atoms with Gasteiger partial charge in [-0.2, -0.15) is 0 Å². The molecule has 0 spiro atoms. The summed E-state index contributed by atoms with van der Waals surface area (Å²) in [6, 6.07) is -0.536. The molecule has 0 aliphatic rings. The van der Waals surface area contributed by atoms with Crippen molar-refractivity contribution in [1.29, 1.82) is 0 Å². The lowest BCUT2D eigenvalue weighted by Crippen LogP contribution is -2.45. The molecule has 3 N–H and O–H groups in total. The number of rotatable bonds is 42. The highest BCUT2D eigenvalue weighted by molar-refractivity contribution is 5.76. The van der Waals surface area contributed by atoms with Gasteiger partial charge < -0.3 is 15.5 Å². The Labute approximate surface area is 336 Å². The molecule has 2 unspecified atom stereocenters. The van der Waals surface area contributed by atoms with Gasteiger partial charge in [-0.25, -0.2) is 0 Å². The molecule has 1 amide bonds. The van der Waals surface area contributed by atoms with Crippen molar-refractivity contribution in [3.63, 3.8) is 0 Å². The molecule has 0 saturated heterocycles. The molecule has 4 heteroatoms. The maximum atomic E-state index is 12.4. The number of allylic oxidation sites excluding steroid dienone is 10. The van der Waals surface area contributed by atoms with E-state index in [4.69, 9.17) is 0 Å². The third-order valence-corrected chi connectivity index (χ3v) is 10.5. The minimum absolute atomic E-state index is 0.0339. The fourth-order valence-corrected chi connectivity index (χ4v) is 6.98. The summed E-state index contributed by atoms with van der Waals surface area (Å²) < 4.78 is 0. The largest absolute Gasteiger partial charge is 0.394 e. The van der Waals surface area contributed by atoms with Gasteiger partial charge in [-0.05, 0) is 57.8 Å². The Morgan fingerprint density at radius 1 is 0.463 bits per heavy atom. The zero-order valence-electron chi connectivity index (χ0n) is 36.0. The molecule has 0 aromatic heterocycles. The standard InChI is InChI=1S/C50H91NO3/c1-3-5-7-9-11-13-15-16-17-18-19-20-21-22-23-24-25-26-27-28-29-30-31-32-33-34-36-38-40-42-44-46-50(54)51-48(47-52)49(53)45-43-41-39-37-35-14-12-10-8-6-4-2/h5,7,11,13,16-17,19-20,22-23,48-49,52-53H,3-4,6,8-10,12,14-15,18,21,24-47H2,1-2H3,(H,51,54)/b7-5-,13-11-,17-16-,20-19-,23-22-. The van der Waals surface area contributed by atoms with Gasteiger partial charge in [0.15, 0.2) is 0 Å². The number of aliphatic hydroxyl groups excluding tert-OH is 2. The van der Waals surface area contributed by atoms with Crippen LogP contribution in [0.25, 0.3) is 0 Å². The van der Waals surface area contributed by atoms with Crippen LogP contribution in [0.2, 0.25) is 0 Å². The first-order valence-electron chi connectivity index (χ1n) is 23.5. The van der Waals surface area contributed by atoms with Gasteiger partial charge in [-0.1, -0.05) is 229 Å². The Balaban J connectivity index is 3.47. The number of hydrogen-bond donors (Lipinski definition) is 3. The highest BCUT2D eigenvalue weighted by Crippen LogP contribution is 2.16. The van der Waals surface area contributed by atoms with Crippen LogP contribution < -0.4 is 5.32 Å². The Kier molecular flexibility index (Phi) is 43.9. The van der Waals surface area contributed by atoms with Crippen LogP contribution in [0.1, 0.15) is 232 Å². The van der Waals surface area contributed by atoms with Crippen molar-refractivity contribution in [2.75, 3.05) is 6.61 Å². The summed E-state index contributed by atoms with van der Waals surface area (Å²) in [4.78, 5) is 12.4. The smallest absolute Gasteiger partial charge is 0.220 e. The summed E-state index contributed by atoms with van der Waals surface area (Å²) in [5.41, 5.74) is 0. The maximum absolute atomic E-state index is 12.4. The van der Waals surface area contributed by atoms with Crippen LogP contribution in [0.15, 0.2) is 60.8 Å². The first kappa shape index (κ1) is 52.1. The first-order valence-corrected chi connectivity index (χ1v) is 23.5. The molecule has 0 fully saturated rings. The third-order valence-electron chi connectivity index (χ3n) is 10.5. The van der Waals surface area contributed by atoms with Gasteiger partial charge in [-0.3, -0.25) is 4.79 Å². The van der Waals surface area contributed by atoms with E-state index in [0.29, 0.717) is 12.8 Å². The van der Waals surface area contributed by atoms with Crippen LogP contribution in [0.4, 0.5) is 0 Å². The number of nitrogens with one attached hydrogen (secondary N) is 1. The van der Waals surface area contributed by atoms with Crippen molar-refractivity contribution >= 4 is 5.91 Å². The Morgan fingerprint density at radius 2 is 0.815 bits per heavy atom. The summed E-state index contributed by atoms with van der Waals surface area (Å²) >= 11 is 0. The fraction of sp³-hybridized carbons (Fsp3) is 0.780. The second-order valence-corrected chi connectivity index (χ2v) is 15.8. The predicted octanol–water partition coefficient (Wildman–Crippen LogP) is 14.9. The summed E-state index contributed by atoms with van der Waals surface area (Å²) in [6.45, 7) is 4.23. The van der Waals surface area contributed by atoms with Crippen molar-refractivity contribution < 1.29 is 15.0 Å². The van der Waals surface area contributed by atoms with Gasteiger partial charge in [-0.15, -0.1) is 0 Å². The minimum Gasteiger partial charge on any atom is -0.394 e. The molecular weight excluding hydrogens is 663 g/mol. The molecule has 0 aliphatic heterocycles. The molecule has 0 aliphatic carbocycles. The zero-order chi connectivity index (χ0) is 39.3. The lowest BCUT2D eigenvalue weighted by Gasteiger charge is -2.22. The van der Waals surface area contributed by atoms with Crippen molar-refractivity contribution in [1.82, 2.24) is 5.32 Å². The van der Waals surface area contributed by atoms with Crippen LogP contribution in [-0.4, -0.2) is 34.9 Å². The van der Waals surface area contributed by atoms with Crippen LogP contribution in [0.3, 0.4) is 0 Å². The van der Waals surface area contributed by atoms with Gasteiger partial charge in [0.05, 0.1) is 18.8 Å². The predicted molar refractivity (Wildman–Crippen MR) is 239 cm³/mol. The Bertz CT molecular complexity index is 904. The van der Waals surface area contributed by atoms with E-state index in [1.54, 1.807) is 0 Å². The van der Waals surface area contributed by atoms with Gasteiger partial charge in [0.2, 0.25) is 5.91 Å². The SMILES string of the molecule is CC/C=C\C/C=C\C/C=C\C/C=C\C/C=C\CCCCCCCCCCCCCCCCCC(=O)NC(CO)C(O)CCCCCCCCCCCCC. The molecule has 0 aromatic rings. The highest BCUT2D eigenvalue weighted by atomic mass is 16.3. The van der Waals surface area contributed by atoms with Crippen molar-refractivity contribution in [2.24, 2.45) is 0 Å². The van der Waals surface area contributed by atoms with Gasteiger partial charge in [0.1, 0.15) is 0 Å². The quantitative estimate of drug-likeness (QED) is 0.0429. The van der Waals surface area contributed by atoms with E-state index in [-0.39, 0.29) is 12.5 Å². The van der Waals surface area contributed by atoms with Gasteiger partial charge in [0, 0.05) is 6.42 Å². The van der Waals surface area contributed by atoms with E-state index in [9.17, 15) is 15.0 Å². The topological polar surface area (TPSA) is 69.6 Å². The van der Waals surface area contributed by atoms with Crippen LogP contribution in [0.5, 0.6) is 0 Å². The van der Waals surface area contributed by atoms with Gasteiger partial charge in [0.25, 0.3) is 0 Å². The molecule has 54 heavy (non-hydrogen) atoms. The van der Waals surface area contributed by atoms with E-state index in [1.165, 1.54) is 148 Å². The molecule has 0 saturated carbocycles. The van der Waals surface area contributed by atoms with Crippen LogP contribution in [0, 0.1) is 0 Å². The number of aliphatic hydroxyl groups is 2. The maximum Gasteiger partial charge on any atom is 0.220 e. The molecule has 0 bridgehead atoms. The second-order valence-electron chi connectivity index (χ2n) is 15.8. The number of carbonyl (C=O) groups is 1. The zero-order valence-corrected chi connectivity index (χ0v) is 36.0. The number of carbonyl (C=O) groups excluding carboxylic acids is 1.